The van der Waals surface area contributed by atoms with Gasteiger partial charge in [-0.3, -0.25) is 14.5 Å². The van der Waals surface area contributed by atoms with Crippen molar-refractivity contribution in [2.75, 3.05) is 6.54 Å². The molecule has 134 valence electrons. The van der Waals surface area contributed by atoms with Crippen LogP contribution in [-0.4, -0.2) is 38.2 Å². The molecule has 3 rings (SSSR count). The van der Waals surface area contributed by atoms with Crippen molar-refractivity contribution in [1.82, 2.24) is 19.7 Å². The average molecular weight is 340 g/mol. The molecule has 0 N–H and O–H groups in total. The fourth-order valence-electron chi connectivity index (χ4n) is 3.69. The highest BCUT2D eigenvalue weighted by molar-refractivity contribution is 5.76. The molecule has 0 spiro atoms. The number of pyridine rings is 1. The summed E-state index contributed by atoms with van der Waals surface area (Å²) in [5, 5.41) is 4.57. The second-order valence-electron chi connectivity index (χ2n) is 7.02. The van der Waals surface area contributed by atoms with E-state index >= 15 is 0 Å². The number of amides is 1. The molecular formula is C20H28N4O. The average Bonchev–Trinajstić information content (AvgIpc) is 2.93. The van der Waals surface area contributed by atoms with E-state index in [9.17, 15) is 4.79 Å². The second kappa shape index (κ2) is 8.28. The van der Waals surface area contributed by atoms with E-state index in [2.05, 4.69) is 32.7 Å². The molecule has 1 atom stereocenters. The summed E-state index contributed by atoms with van der Waals surface area (Å²) in [6.45, 7) is 5.80. The fraction of sp³-hybridized carbons (Fsp3) is 0.550. The number of hydrogen-bond donors (Lipinski definition) is 0. The number of carbonyl (C=O) groups excluding carboxylic acids is 1. The molecule has 2 aromatic rings. The Morgan fingerprint density at radius 3 is 2.88 bits per heavy atom. The van der Waals surface area contributed by atoms with Gasteiger partial charge < -0.3 is 4.90 Å². The van der Waals surface area contributed by atoms with Gasteiger partial charge in [0.25, 0.3) is 0 Å². The predicted molar refractivity (Wildman–Crippen MR) is 98.2 cm³/mol. The van der Waals surface area contributed by atoms with Crippen LogP contribution >= 0.6 is 0 Å². The molecule has 0 bridgehead atoms. The maximum Gasteiger partial charge on any atom is 0.222 e. The number of rotatable bonds is 6. The normalized spacial score (nSPS) is 17.7. The number of piperidine rings is 1. The highest BCUT2D eigenvalue weighted by Gasteiger charge is 2.27. The molecule has 5 nitrogen and oxygen atoms in total. The van der Waals surface area contributed by atoms with Crippen LogP contribution in [0.15, 0.2) is 30.5 Å². The zero-order valence-electron chi connectivity index (χ0n) is 15.3. The van der Waals surface area contributed by atoms with E-state index in [0.29, 0.717) is 6.42 Å². The van der Waals surface area contributed by atoms with E-state index < -0.39 is 0 Å². The minimum Gasteiger partial charge on any atom is -0.338 e. The van der Waals surface area contributed by atoms with Crippen molar-refractivity contribution in [3.63, 3.8) is 0 Å². The molecule has 0 aromatic carbocycles. The van der Waals surface area contributed by atoms with Crippen molar-refractivity contribution in [2.24, 2.45) is 0 Å². The molecule has 1 amide bonds. The van der Waals surface area contributed by atoms with Gasteiger partial charge in [0.1, 0.15) is 0 Å². The van der Waals surface area contributed by atoms with Crippen LogP contribution in [0.2, 0.25) is 0 Å². The van der Waals surface area contributed by atoms with Gasteiger partial charge in [-0.2, -0.15) is 5.10 Å². The summed E-state index contributed by atoms with van der Waals surface area (Å²) in [4.78, 5) is 19.2. The van der Waals surface area contributed by atoms with Crippen LogP contribution in [0.25, 0.3) is 0 Å². The summed E-state index contributed by atoms with van der Waals surface area (Å²) < 4.78 is 2.06. The summed E-state index contributed by atoms with van der Waals surface area (Å²) in [5.74, 6) is 0.280. The molecular weight excluding hydrogens is 312 g/mol. The molecule has 3 heterocycles. The van der Waals surface area contributed by atoms with Gasteiger partial charge in [-0.15, -0.1) is 0 Å². The van der Waals surface area contributed by atoms with Crippen LogP contribution in [0.4, 0.5) is 0 Å². The number of aromatic nitrogens is 3. The van der Waals surface area contributed by atoms with E-state index in [1.807, 2.05) is 31.3 Å². The Hall–Kier alpha value is -2.17. The number of hydrogen-bond acceptors (Lipinski definition) is 3. The van der Waals surface area contributed by atoms with Crippen molar-refractivity contribution in [2.45, 2.75) is 65.0 Å². The first kappa shape index (κ1) is 17.6. The molecule has 0 radical (unpaired) electrons. The highest BCUT2D eigenvalue weighted by atomic mass is 16.2. The lowest BCUT2D eigenvalue weighted by Gasteiger charge is -2.36. The van der Waals surface area contributed by atoms with Crippen molar-refractivity contribution < 1.29 is 4.79 Å². The fourth-order valence-corrected chi connectivity index (χ4v) is 3.69. The van der Waals surface area contributed by atoms with Crippen LogP contribution in [0.3, 0.4) is 0 Å². The van der Waals surface area contributed by atoms with E-state index in [1.165, 1.54) is 12.1 Å². The Bertz CT molecular complexity index is 695. The molecule has 0 saturated carbocycles. The van der Waals surface area contributed by atoms with Crippen LogP contribution in [0.1, 0.15) is 49.2 Å². The summed E-state index contributed by atoms with van der Waals surface area (Å²) in [7, 11) is 0. The van der Waals surface area contributed by atoms with E-state index in [-0.39, 0.29) is 11.9 Å². The van der Waals surface area contributed by atoms with Gasteiger partial charge in [0.05, 0.1) is 18.3 Å². The van der Waals surface area contributed by atoms with Gasteiger partial charge in [-0.05, 0) is 64.2 Å². The SMILES string of the molecule is Cc1cc(C)n(C[C@H]2CCCCN2C(=O)CCCc2ccccn2)n1. The van der Waals surface area contributed by atoms with Crippen molar-refractivity contribution in [3.05, 3.63) is 47.5 Å². The van der Waals surface area contributed by atoms with E-state index in [1.54, 1.807) is 0 Å². The van der Waals surface area contributed by atoms with E-state index in [0.717, 1.165) is 50.2 Å². The Morgan fingerprint density at radius 1 is 1.28 bits per heavy atom. The summed E-state index contributed by atoms with van der Waals surface area (Å²) in [5.41, 5.74) is 3.28. The van der Waals surface area contributed by atoms with Crippen LogP contribution < -0.4 is 0 Å². The zero-order valence-corrected chi connectivity index (χ0v) is 15.3. The van der Waals surface area contributed by atoms with Gasteiger partial charge >= 0.3 is 0 Å². The molecule has 5 heteroatoms. The summed E-state index contributed by atoms with van der Waals surface area (Å²) >= 11 is 0. The number of carbonyl (C=O) groups is 1. The Morgan fingerprint density at radius 2 is 2.16 bits per heavy atom. The standard InChI is InChI=1S/C20H28N4O/c1-16-14-17(2)24(22-16)15-19-10-4-6-13-23(19)20(25)11-7-9-18-8-3-5-12-21-18/h3,5,8,12,14,19H,4,6-7,9-11,13,15H2,1-2H3/t19-/m1/s1. The first-order valence-corrected chi connectivity index (χ1v) is 9.34. The van der Waals surface area contributed by atoms with Gasteiger partial charge in [-0.1, -0.05) is 6.07 Å². The predicted octanol–water partition coefficient (Wildman–Crippen LogP) is 3.30. The number of nitrogens with zero attached hydrogens (tertiary/aromatic N) is 4. The zero-order chi connectivity index (χ0) is 17.6. The molecule has 1 fully saturated rings. The Kier molecular flexibility index (Phi) is 5.84. The van der Waals surface area contributed by atoms with Crippen molar-refractivity contribution >= 4 is 5.91 Å². The molecule has 25 heavy (non-hydrogen) atoms. The molecule has 0 unspecified atom stereocenters. The van der Waals surface area contributed by atoms with Gasteiger partial charge in [0.15, 0.2) is 0 Å². The molecule has 1 aliphatic rings. The molecule has 1 saturated heterocycles. The monoisotopic (exact) mass is 340 g/mol. The largest absolute Gasteiger partial charge is 0.338 e. The van der Waals surface area contributed by atoms with Crippen molar-refractivity contribution in [1.29, 1.82) is 0 Å². The molecule has 0 aliphatic carbocycles. The van der Waals surface area contributed by atoms with Crippen LogP contribution in [-0.2, 0) is 17.8 Å². The Balaban J connectivity index is 1.56. The maximum absolute atomic E-state index is 12.8. The third-order valence-corrected chi connectivity index (χ3v) is 4.98. The van der Waals surface area contributed by atoms with Crippen LogP contribution in [0.5, 0.6) is 0 Å². The molecule has 2 aromatic heterocycles. The third-order valence-electron chi connectivity index (χ3n) is 4.98. The smallest absolute Gasteiger partial charge is 0.222 e. The van der Waals surface area contributed by atoms with Gasteiger partial charge in [0.2, 0.25) is 5.91 Å². The quantitative estimate of drug-likeness (QED) is 0.811. The van der Waals surface area contributed by atoms with Crippen molar-refractivity contribution in [3.8, 4) is 0 Å². The summed E-state index contributed by atoms with van der Waals surface area (Å²) in [6, 6.07) is 8.32. The second-order valence-corrected chi connectivity index (χ2v) is 7.02. The number of likely N-dealkylation sites (tertiary alicyclic amines) is 1. The number of aryl methyl sites for hydroxylation is 3. The highest BCUT2D eigenvalue weighted by Crippen LogP contribution is 2.21. The van der Waals surface area contributed by atoms with Gasteiger partial charge in [0, 0.05) is 30.6 Å². The minimum absolute atomic E-state index is 0.272. The van der Waals surface area contributed by atoms with E-state index in [4.69, 9.17) is 0 Å². The topological polar surface area (TPSA) is 51.0 Å². The minimum atomic E-state index is 0.272. The summed E-state index contributed by atoms with van der Waals surface area (Å²) in [6.07, 6.45) is 7.52. The molecule has 1 aliphatic heterocycles. The van der Waals surface area contributed by atoms with Crippen LogP contribution in [0, 0.1) is 13.8 Å². The van der Waals surface area contributed by atoms with Gasteiger partial charge in [-0.25, -0.2) is 0 Å². The lowest BCUT2D eigenvalue weighted by Crippen LogP contribution is -2.46. The first-order chi connectivity index (χ1) is 12.1. The lowest BCUT2D eigenvalue weighted by atomic mass is 10.0. The maximum atomic E-state index is 12.8. The lowest BCUT2D eigenvalue weighted by molar-refractivity contribution is -0.135. The first-order valence-electron chi connectivity index (χ1n) is 9.34. The Labute approximate surface area is 150 Å². The third kappa shape index (κ3) is 4.68.